The van der Waals surface area contributed by atoms with Crippen molar-refractivity contribution in [2.24, 2.45) is 0 Å². The zero-order valence-corrected chi connectivity index (χ0v) is 15.9. The second kappa shape index (κ2) is 6.60. The maximum atomic E-state index is 5.73. The van der Waals surface area contributed by atoms with E-state index in [0.717, 1.165) is 45.5 Å². The zero-order chi connectivity index (χ0) is 19.1. The summed E-state index contributed by atoms with van der Waals surface area (Å²) in [6.45, 7) is 5.32. The highest BCUT2D eigenvalue weighted by Crippen LogP contribution is 2.36. The molecule has 140 valence electrons. The number of hydrogen-bond donors (Lipinski definition) is 1. The minimum absolute atomic E-state index is 0.569. The van der Waals surface area contributed by atoms with Gasteiger partial charge in [-0.2, -0.15) is 0 Å². The number of rotatable bonds is 3. The van der Waals surface area contributed by atoms with E-state index in [1.165, 1.54) is 5.56 Å². The van der Waals surface area contributed by atoms with E-state index in [1.807, 2.05) is 30.5 Å². The smallest absolute Gasteiger partial charge is 0.163 e. The maximum Gasteiger partial charge on any atom is 0.163 e. The van der Waals surface area contributed by atoms with E-state index in [-0.39, 0.29) is 0 Å². The second-order valence-corrected chi connectivity index (χ2v) is 7.04. The first-order valence-electron chi connectivity index (χ1n) is 9.40. The average Bonchev–Trinajstić information content (AvgIpc) is 3.08. The summed E-state index contributed by atoms with van der Waals surface area (Å²) in [5, 5.41) is 3.55. The van der Waals surface area contributed by atoms with Gasteiger partial charge in [0.15, 0.2) is 11.5 Å². The number of fused-ring (bicyclic) bond motifs is 2. The van der Waals surface area contributed by atoms with Crippen LogP contribution in [0.2, 0.25) is 0 Å². The van der Waals surface area contributed by atoms with E-state index in [0.29, 0.717) is 13.2 Å². The molecule has 0 spiro atoms. The molecule has 0 aliphatic carbocycles. The molecule has 5 nitrogen and oxygen atoms in total. The van der Waals surface area contributed by atoms with Crippen LogP contribution in [0.15, 0.2) is 60.8 Å². The first kappa shape index (κ1) is 16.7. The molecule has 5 rings (SSSR count). The van der Waals surface area contributed by atoms with Gasteiger partial charge in [0.2, 0.25) is 0 Å². The summed E-state index contributed by atoms with van der Waals surface area (Å²) >= 11 is 0. The van der Waals surface area contributed by atoms with Gasteiger partial charge in [0.25, 0.3) is 0 Å². The lowest BCUT2D eigenvalue weighted by atomic mass is 10.1. The van der Waals surface area contributed by atoms with Gasteiger partial charge in [-0.15, -0.1) is 0 Å². The Morgan fingerprint density at radius 1 is 0.929 bits per heavy atom. The van der Waals surface area contributed by atoms with Gasteiger partial charge in [0.05, 0.1) is 0 Å². The number of ether oxygens (including phenoxy) is 2. The number of aromatic nitrogens is 2. The zero-order valence-electron chi connectivity index (χ0n) is 15.9. The fourth-order valence-corrected chi connectivity index (χ4v) is 3.49. The van der Waals surface area contributed by atoms with Crippen LogP contribution in [0.3, 0.4) is 0 Å². The predicted octanol–water partition coefficient (Wildman–Crippen LogP) is 5.13. The topological polar surface area (TPSA) is 47.8 Å². The molecule has 2 aromatic carbocycles. The van der Waals surface area contributed by atoms with Crippen molar-refractivity contribution in [3.05, 3.63) is 71.9 Å². The number of nitrogens with zero attached hydrogens (tertiary/aromatic N) is 2. The SMILES string of the molecule is Cc1ccc(-c2nc3c(C)cccn3c2Nc2ccc3c(c2)OCCO3)cc1. The Balaban J connectivity index is 1.64. The largest absolute Gasteiger partial charge is 0.486 e. The van der Waals surface area contributed by atoms with Crippen molar-refractivity contribution in [2.75, 3.05) is 18.5 Å². The summed E-state index contributed by atoms with van der Waals surface area (Å²) in [6.07, 6.45) is 2.04. The van der Waals surface area contributed by atoms with Gasteiger partial charge in [-0.1, -0.05) is 35.9 Å². The van der Waals surface area contributed by atoms with Crippen molar-refractivity contribution in [3.63, 3.8) is 0 Å². The Hall–Kier alpha value is -3.47. The summed E-state index contributed by atoms with van der Waals surface area (Å²) in [6, 6.07) is 18.5. The molecule has 0 atom stereocenters. The van der Waals surface area contributed by atoms with Crippen molar-refractivity contribution in [1.82, 2.24) is 9.38 Å². The molecular formula is C23H21N3O2. The number of imidazole rings is 1. The van der Waals surface area contributed by atoms with E-state index >= 15 is 0 Å². The van der Waals surface area contributed by atoms with E-state index in [2.05, 4.69) is 53.9 Å². The van der Waals surface area contributed by atoms with Crippen molar-refractivity contribution in [3.8, 4) is 22.8 Å². The summed E-state index contributed by atoms with van der Waals surface area (Å²) in [5.74, 6) is 2.47. The molecular weight excluding hydrogens is 350 g/mol. The van der Waals surface area contributed by atoms with E-state index < -0.39 is 0 Å². The van der Waals surface area contributed by atoms with Crippen molar-refractivity contribution < 1.29 is 9.47 Å². The molecule has 0 saturated heterocycles. The Morgan fingerprint density at radius 2 is 1.71 bits per heavy atom. The molecule has 4 aromatic rings. The second-order valence-electron chi connectivity index (χ2n) is 7.04. The predicted molar refractivity (Wildman–Crippen MR) is 111 cm³/mol. The average molecular weight is 371 g/mol. The van der Waals surface area contributed by atoms with Crippen LogP contribution in [-0.4, -0.2) is 22.6 Å². The quantitative estimate of drug-likeness (QED) is 0.542. The molecule has 2 aromatic heterocycles. The van der Waals surface area contributed by atoms with E-state index in [1.54, 1.807) is 0 Å². The molecule has 3 heterocycles. The molecule has 1 N–H and O–H groups in total. The van der Waals surface area contributed by atoms with Crippen molar-refractivity contribution in [1.29, 1.82) is 0 Å². The highest BCUT2D eigenvalue weighted by atomic mass is 16.6. The molecule has 5 heteroatoms. The molecule has 0 unspecified atom stereocenters. The highest BCUT2D eigenvalue weighted by Gasteiger charge is 2.17. The number of pyridine rings is 1. The first-order valence-corrected chi connectivity index (χ1v) is 9.40. The van der Waals surface area contributed by atoms with Crippen LogP contribution in [0.4, 0.5) is 11.5 Å². The van der Waals surface area contributed by atoms with Crippen molar-refractivity contribution in [2.45, 2.75) is 13.8 Å². The summed E-state index contributed by atoms with van der Waals surface area (Å²) in [5.41, 5.74) is 6.23. The van der Waals surface area contributed by atoms with Crippen LogP contribution >= 0.6 is 0 Å². The van der Waals surface area contributed by atoms with Gasteiger partial charge in [-0.05, 0) is 37.6 Å². The molecule has 0 radical (unpaired) electrons. The van der Waals surface area contributed by atoms with Crippen LogP contribution in [-0.2, 0) is 0 Å². The number of benzene rings is 2. The molecule has 0 bridgehead atoms. The Morgan fingerprint density at radius 3 is 2.54 bits per heavy atom. The lowest BCUT2D eigenvalue weighted by molar-refractivity contribution is 0.171. The van der Waals surface area contributed by atoms with Crippen LogP contribution in [0, 0.1) is 13.8 Å². The Kier molecular flexibility index (Phi) is 3.93. The van der Waals surface area contributed by atoms with E-state index in [4.69, 9.17) is 14.5 Å². The summed E-state index contributed by atoms with van der Waals surface area (Å²) in [7, 11) is 0. The van der Waals surface area contributed by atoms with Gasteiger partial charge in [-0.3, -0.25) is 4.40 Å². The third-order valence-corrected chi connectivity index (χ3v) is 4.98. The number of aryl methyl sites for hydroxylation is 2. The van der Waals surface area contributed by atoms with Gasteiger partial charge in [-0.25, -0.2) is 4.98 Å². The van der Waals surface area contributed by atoms with Gasteiger partial charge in [0.1, 0.15) is 30.4 Å². The van der Waals surface area contributed by atoms with Crippen LogP contribution in [0.5, 0.6) is 11.5 Å². The number of anilines is 2. The molecule has 28 heavy (non-hydrogen) atoms. The lowest BCUT2D eigenvalue weighted by Gasteiger charge is -2.19. The van der Waals surface area contributed by atoms with Crippen molar-refractivity contribution >= 4 is 17.2 Å². The van der Waals surface area contributed by atoms with Gasteiger partial charge in [0, 0.05) is 23.5 Å². The van der Waals surface area contributed by atoms with Gasteiger partial charge >= 0.3 is 0 Å². The van der Waals surface area contributed by atoms with Crippen LogP contribution in [0.1, 0.15) is 11.1 Å². The van der Waals surface area contributed by atoms with Crippen LogP contribution in [0.25, 0.3) is 16.9 Å². The Labute approximate surface area is 163 Å². The number of hydrogen-bond acceptors (Lipinski definition) is 4. The highest BCUT2D eigenvalue weighted by molar-refractivity contribution is 5.81. The fraction of sp³-hybridized carbons (Fsp3) is 0.174. The molecule has 1 aliphatic heterocycles. The molecule has 0 amide bonds. The molecule has 0 fully saturated rings. The van der Waals surface area contributed by atoms with Crippen LogP contribution < -0.4 is 14.8 Å². The number of nitrogens with one attached hydrogen (secondary N) is 1. The molecule has 0 saturated carbocycles. The normalized spacial score (nSPS) is 12.9. The third kappa shape index (κ3) is 2.85. The summed E-state index contributed by atoms with van der Waals surface area (Å²) < 4.78 is 13.5. The molecule has 1 aliphatic rings. The van der Waals surface area contributed by atoms with E-state index in [9.17, 15) is 0 Å². The standard InChI is InChI=1S/C23H21N3O2/c1-15-5-7-17(8-6-15)21-23(26-11-3-4-16(2)22(26)25-21)24-18-9-10-19-20(14-18)28-13-12-27-19/h3-11,14,24H,12-13H2,1-2H3. The minimum Gasteiger partial charge on any atom is -0.486 e. The fourth-order valence-electron chi connectivity index (χ4n) is 3.49. The monoisotopic (exact) mass is 371 g/mol. The maximum absolute atomic E-state index is 5.73. The first-order chi connectivity index (χ1) is 13.7. The Bertz CT molecular complexity index is 1160. The summed E-state index contributed by atoms with van der Waals surface area (Å²) in [4.78, 5) is 4.94. The lowest BCUT2D eigenvalue weighted by Crippen LogP contribution is -2.15. The van der Waals surface area contributed by atoms with Gasteiger partial charge < -0.3 is 14.8 Å². The minimum atomic E-state index is 0.569. The third-order valence-electron chi connectivity index (χ3n) is 4.98.